The lowest BCUT2D eigenvalue weighted by Crippen LogP contribution is -2.38. The fraction of sp³-hybridized carbons (Fsp3) is 0.345. The minimum Gasteiger partial charge on any atom is -0.437 e. The molecule has 2 aromatic heterocycles. The minimum atomic E-state index is -4.56. The third-order valence-electron chi connectivity index (χ3n) is 7.18. The molecular formula is C29H31F4N7O3S. The molecule has 3 N–H and O–H groups in total. The molecule has 10 nitrogen and oxygen atoms in total. The van der Waals surface area contributed by atoms with E-state index in [4.69, 9.17) is 4.74 Å². The fourth-order valence-corrected chi connectivity index (χ4v) is 5.76. The molecule has 44 heavy (non-hydrogen) atoms. The predicted molar refractivity (Wildman–Crippen MR) is 159 cm³/mol. The number of nitrogens with zero attached hydrogens (tertiary/aromatic N) is 4. The Labute approximate surface area is 252 Å². The van der Waals surface area contributed by atoms with Crippen molar-refractivity contribution in [1.82, 2.24) is 24.6 Å². The standard InChI is InChI=1S/C29H31F4N7O3S/c1-18-7-8-20-21(9-10-23(30)25(20)39-44(41,42)40(2)16-12-29(31,32)33)26(18)43-27-22(6-4-14-35-27)24-11-15-36-28(38-24)37-19-5-3-13-34-17-19/h4,6-11,14-15,19,34,39H,3,5,12-13,16-17H2,1-2H3,(H,36,37,38)/t19-/m0/s1. The lowest BCUT2D eigenvalue weighted by molar-refractivity contribution is -0.135. The van der Waals surface area contributed by atoms with Crippen molar-refractivity contribution < 1.29 is 30.7 Å². The number of aromatic nitrogens is 3. The second-order valence-corrected chi connectivity index (χ2v) is 12.2. The van der Waals surface area contributed by atoms with Crippen molar-refractivity contribution in [1.29, 1.82) is 0 Å². The van der Waals surface area contributed by atoms with Crippen molar-refractivity contribution in [2.24, 2.45) is 0 Å². The van der Waals surface area contributed by atoms with E-state index >= 15 is 4.39 Å². The number of alkyl halides is 3. The summed E-state index contributed by atoms with van der Waals surface area (Å²) in [5.74, 6) is 0.0344. The highest BCUT2D eigenvalue weighted by molar-refractivity contribution is 7.90. The van der Waals surface area contributed by atoms with Crippen LogP contribution in [-0.4, -0.2) is 66.6 Å². The highest BCUT2D eigenvalue weighted by Crippen LogP contribution is 2.40. The number of hydrogen-bond acceptors (Lipinski definition) is 8. The maximum absolute atomic E-state index is 15.0. The van der Waals surface area contributed by atoms with Crippen LogP contribution in [0.25, 0.3) is 22.0 Å². The number of nitrogens with one attached hydrogen (secondary N) is 3. The van der Waals surface area contributed by atoms with Crippen LogP contribution in [0.5, 0.6) is 11.6 Å². The van der Waals surface area contributed by atoms with Crippen molar-refractivity contribution in [3.05, 3.63) is 66.2 Å². The first-order valence-corrected chi connectivity index (χ1v) is 15.3. The Morgan fingerprint density at radius 3 is 2.64 bits per heavy atom. The number of rotatable bonds is 10. The molecule has 4 aromatic rings. The van der Waals surface area contributed by atoms with Crippen LogP contribution >= 0.6 is 0 Å². The Hall–Kier alpha value is -4.08. The van der Waals surface area contributed by atoms with Gasteiger partial charge in [0.15, 0.2) is 0 Å². The molecule has 2 aromatic carbocycles. The molecular weight excluding hydrogens is 602 g/mol. The van der Waals surface area contributed by atoms with Crippen LogP contribution in [0.2, 0.25) is 0 Å². The van der Waals surface area contributed by atoms with Crippen LogP contribution in [0, 0.1) is 12.7 Å². The summed E-state index contributed by atoms with van der Waals surface area (Å²) in [6.45, 7) is 2.71. The van der Waals surface area contributed by atoms with Crippen LogP contribution in [0.4, 0.5) is 29.2 Å². The Morgan fingerprint density at radius 1 is 1.09 bits per heavy atom. The number of aryl methyl sites for hydroxylation is 1. The average molecular weight is 634 g/mol. The summed E-state index contributed by atoms with van der Waals surface area (Å²) in [4.78, 5) is 13.4. The van der Waals surface area contributed by atoms with Crippen molar-refractivity contribution in [2.75, 3.05) is 36.7 Å². The first kappa shape index (κ1) is 31.3. The van der Waals surface area contributed by atoms with Gasteiger partial charge in [-0.05, 0) is 62.2 Å². The van der Waals surface area contributed by atoms with E-state index < -0.39 is 40.9 Å². The van der Waals surface area contributed by atoms with E-state index in [0.29, 0.717) is 32.5 Å². The minimum absolute atomic E-state index is 0.144. The van der Waals surface area contributed by atoms with E-state index in [2.05, 4.69) is 30.3 Å². The van der Waals surface area contributed by atoms with Gasteiger partial charge < -0.3 is 15.4 Å². The fourth-order valence-electron chi connectivity index (χ4n) is 4.81. The zero-order chi connectivity index (χ0) is 31.5. The van der Waals surface area contributed by atoms with Crippen LogP contribution in [0.15, 0.2) is 54.9 Å². The van der Waals surface area contributed by atoms with E-state index in [1.165, 1.54) is 12.1 Å². The first-order valence-electron chi connectivity index (χ1n) is 13.9. The van der Waals surface area contributed by atoms with Crippen LogP contribution < -0.4 is 20.1 Å². The van der Waals surface area contributed by atoms with Gasteiger partial charge in [0.25, 0.3) is 0 Å². The molecule has 0 aliphatic carbocycles. The van der Waals surface area contributed by atoms with Crippen LogP contribution in [-0.2, 0) is 10.2 Å². The molecule has 0 amide bonds. The zero-order valence-corrected chi connectivity index (χ0v) is 24.8. The molecule has 1 fully saturated rings. The van der Waals surface area contributed by atoms with Crippen molar-refractivity contribution in [3.63, 3.8) is 0 Å². The molecule has 0 saturated carbocycles. The Morgan fingerprint density at radius 2 is 1.89 bits per heavy atom. The summed E-state index contributed by atoms with van der Waals surface area (Å²) in [6, 6.07) is 11.1. The van der Waals surface area contributed by atoms with Gasteiger partial charge in [-0.15, -0.1) is 0 Å². The summed E-state index contributed by atoms with van der Waals surface area (Å²) in [7, 11) is -3.54. The second kappa shape index (κ2) is 12.9. The molecule has 1 aliphatic rings. The highest BCUT2D eigenvalue weighted by Gasteiger charge is 2.30. The van der Waals surface area contributed by atoms with Gasteiger partial charge in [-0.25, -0.2) is 19.3 Å². The van der Waals surface area contributed by atoms with Gasteiger partial charge in [-0.3, -0.25) is 4.72 Å². The smallest absolute Gasteiger partial charge is 0.390 e. The lowest BCUT2D eigenvalue weighted by Gasteiger charge is -2.23. The van der Waals surface area contributed by atoms with E-state index in [-0.39, 0.29) is 23.1 Å². The number of hydrogen-bond donors (Lipinski definition) is 3. The molecule has 0 radical (unpaired) electrons. The summed E-state index contributed by atoms with van der Waals surface area (Å²) in [5, 5.41) is 7.19. The molecule has 234 valence electrons. The van der Waals surface area contributed by atoms with E-state index in [1.807, 2.05) is 0 Å². The number of benzene rings is 2. The normalized spacial score (nSPS) is 15.8. The maximum Gasteiger partial charge on any atom is 0.390 e. The van der Waals surface area contributed by atoms with E-state index in [9.17, 15) is 21.6 Å². The molecule has 15 heteroatoms. The van der Waals surface area contributed by atoms with Gasteiger partial charge in [-0.2, -0.15) is 25.9 Å². The Bertz CT molecular complexity index is 1750. The number of piperidine rings is 1. The maximum atomic E-state index is 15.0. The highest BCUT2D eigenvalue weighted by atomic mass is 32.2. The third kappa shape index (κ3) is 7.34. The molecule has 1 saturated heterocycles. The topological polar surface area (TPSA) is 121 Å². The van der Waals surface area contributed by atoms with Gasteiger partial charge in [0, 0.05) is 49.3 Å². The van der Waals surface area contributed by atoms with Crippen molar-refractivity contribution in [3.8, 4) is 22.9 Å². The number of pyridine rings is 1. The lowest BCUT2D eigenvalue weighted by atomic mass is 10.0. The van der Waals surface area contributed by atoms with Crippen LogP contribution in [0.1, 0.15) is 24.8 Å². The third-order valence-corrected chi connectivity index (χ3v) is 8.65. The number of halogens is 4. The Kier molecular flexibility index (Phi) is 9.18. The summed E-state index contributed by atoms with van der Waals surface area (Å²) in [6.07, 6.45) is -0.695. The largest absolute Gasteiger partial charge is 0.437 e. The van der Waals surface area contributed by atoms with Gasteiger partial charge in [0.05, 0.1) is 23.4 Å². The Balaban J connectivity index is 1.46. The molecule has 3 heterocycles. The summed E-state index contributed by atoms with van der Waals surface area (Å²) >= 11 is 0. The first-order chi connectivity index (χ1) is 20.9. The molecule has 5 rings (SSSR count). The number of fused-ring (bicyclic) bond motifs is 1. The summed E-state index contributed by atoms with van der Waals surface area (Å²) < 4.78 is 87.6. The van der Waals surface area contributed by atoms with E-state index in [1.54, 1.807) is 43.6 Å². The van der Waals surface area contributed by atoms with Gasteiger partial charge >= 0.3 is 16.4 Å². The predicted octanol–water partition coefficient (Wildman–Crippen LogP) is 5.64. The van der Waals surface area contributed by atoms with Gasteiger partial charge in [-0.1, -0.05) is 12.1 Å². The second-order valence-electron chi connectivity index (χ2n) is 10.4. The van der Waals surface area contributed by atoms with Gasteiger partial charge in [0.2, 0.25) is 11.8 Å². The average Bonchev–Trinajstić information content (AvgIpc) is 2.99. The van der Waals surface area contributed by atoms with E-state index in [0.717, 1.165) is 39.0 Å². The van der Waals surface area contributed by atoms with Crippen LogP contribution in [0.3, 0.4) is 0 Å². The van der Waals surface area contributed by atoms with Gasteiger partial charge in [0.1, 0.15) is 11.6 Å². The van der Waals surface area contributed by atoms with Crippen molar-refractivity contribution in [2.45, 2.75) is 38.4 Å². The molecule has 1 atom stereocenters. The number of ether oxygens (including phenoxy) is 1. The quantitative estimate of drug-likeness (QED) is 0.192. The molecule has 0 unspecified atom stereocenters. The zero-order valence-electron chi connectivity index (χ0n) is 23.9. The molecule has 0 bridgehead atoms. The number of anilines is 2. The molecule has 0 spiro atoms. The SMILES string of the molecule is Cc1ccc2c(NS(=O)(=O)N(C)CCC(F)(F)F)c(F)ccc2c1Oc1ncccc1-c1ccnc(N[C@H]2CCCNC2)n1. The monoisotopic (exact) mass is 633 g/mol. The van der Waals surface area contributed by atoms with Crippen molar-refractivity contribution >= 4 is 32.6 Å². The summed E-state index contributed by atoms with van der Waals surface area (Å²) in [5.41, 5.74) is 1.34. The molecule has 1 aliphatic heterocycles.